The largest absolute Gasteiger partial charge is 0.497 e. The van der Waals surface area contributed by atoms with Crippen LogP contribution in [0.15, 0.2) is 47.6 Å². The molecule has 0 fully saturated rings. The molecule has 0 unspecified atom stereocenters. The van der Waals surface area contributed by atoms with Gasteiger partial charge in [0.05, 0.1) is 39.3 Å². The Morgan fingerprint density at radius 3 is 2.37 bits per heavy atom. The number of benzene rings is 2. The van der Waals surface area contributed by atoms with Crippen molar-refractivity contribution in [3.8, 4) is 17.2 Å². The standard InChI is InChI=1S/C19H22N2O5S/c1-24-15-7-5-6-14(10-15)17-12-16(20-21(17)27(4,22)23)13-8-9-18(25-2)19(11-13)26-3/h5-11,17H,12H2,1-4H3/t17-/m1/s1. The fourth-order valence-electron chi connectivity index (χ4n) is 3.08. The maximum absolute atomic E-state index is 12.3. The SMILES string of the molecule is COc1cccc([C@H]2CC(c3ccc(OC)c(OC)c3)=NN2S(C)(=O)=O)c1. The van der Waals surface area contributed by atoms with Gasteiger partial charge in [0, 0.05) is 12.0 Å². The predicted molar refractivity (Wildman–Crippen MR) is 103 cm³/mol. The average molecular weight is 390 g/mol. The lowest BCUT2D eigenvalue weighted by molar-refractivity contribution is 0.355. The molecule has 0 bridgehead atoms. The van der Waals surface area contributed by atoms with Crippen LogP contribution in [0.25, 0.3) is 0 Å². The predicted octanol–water partition coefficient (Wildman–Crippen LogP) is 2.82. The Morgan fingerprint density at radius 1 is 1.00 bits per heavy atom. The lowest BCUT2D eigenvalue weighted by atomic mass is 9.98. The molecule has 0 saturated carbocycles. The monoisotopic (exact) mass is 390 g/mol. The first-order chi connectivity index (χ1) is 12.9. The summed E-state index contributed by atoms with van der Waals surface area (Å²) >= 11 is 0. The molecule has 1 atom stereocenters. The van der Waals surface area contributed by atoms with E-state index in [2.05, 4.69) is 5.10 Å². The van der Waals surface area contributed by atoms with Crippen LogP contribution in [0.1, 0.15) is 23.6 Å². The zero-order chi connectivity index (χ0) is 19.6. The molecule has 144 valence electrons. The Labute approximate surface area is 159 Å². The Morgan fingerprint density at radius 2 is 1.74 bits per heavy atom. The van der Waals surface area contributed by atoms with Crippen LogP contribution < -0.4 is 14.2 Å². The summed E-state index contributed by atoms with van der Waals surface area (Å²) in [6, 6.07) is 12.3. The number of hydrogen-bond acceptors (Lipinski definition) is 6. The molecule has 8 heteroatoms. The van der Waals surface area contributed by atoms with Crippen LogP contribution in [-0.4, -0.2) is 46.1 Å². The molecule has 2 aromatic rings. The third-order valence-corrected chi connectivity index (χ3v) is 5.42. The summed E-state index contributed by atoms with van der Waals surface area (Å²) < 4.78 is 41.7. The van der Waals surface area contributed by atoms with Crippen LogP contribution in [-0.2, 0) is 10.0 Å². The maximum Gasteiger partial charge on any atom is 0.247 e. The molecule has 27 heavy (non-hydrogen) atoms. The third kappa shape index (κ3) is 3.85. The van der Waals surface area contributed by atoms with E-state index in [-0.39, 0.29) is 0 Å². The second-order valence-corrected chi connectivity index (χ2v) is 7.99. The smallest absolute Gasteiger partial charge is 0.247 e. The van der Waals surface area contributed by atoms with Gasteiger partial charge in [-0.2, -0.15) is 9.52 Å². The van der Waals surface area contributed by atoms with Crippen LogP contribution in [0.2, 0.25) is 0 Å². The minimum Gasteiger partial charge on any atom is -0.497 e. The van der Waals surface area contributed by atoms with Crippen LogP contribution in [0.4, 0.5) is 0 Å². The molecule has 0 radical (unpaired) electrons. The number of ether oxygens (including phenoxy) is 3. The number of rotatable bonds is 6. The van der Waals surface area contributed by atoms with E-state index in [4.69, 9.17) is 14.2 Å². The van der Waals surface area contributed by atoms with Crippen molar-refractivity contribution in [2.75, 3.05) is 27.6 Å². The lowest BCUT2D eigenvalue weighted by Gasteiger charge is -2.21. The first-order valence-electron chi connectivity index (χ1n) is 8.30. The molecule has 0 spiro atoms. The first kappa shape index (κ1) is 19.0. The summed E-state index contributed by atoms with van der Waals surface area (Å²) in [5, 5.41) is 4.40. The van der Waals surface area contributed by atoms with Crippen LogP contribution >= 0.6 is 0 Å². The highest BCUT2D eigenvalue weighted by atomic mass is 32.2. The van der Waals surface area contributed by atoms with Crippen molar-refractivity contribution in [1.82, 2.24) is 4.41 Å². The van der Waals surface area contributed by atoms with Crippen LogP contribution in [0.5, 0.6) is 17.2 Å². The summed E-state index contributed by atoms with van der Waals surface area (Å²) in [4.78, 5) is 0. The zero-order valence-electron chi connectivity index (χ0n) is 15.7. The number of methoxy groups -OCH3 is 3. The van der Waals surface area contributed by atoms with Crippen LogP contribution in [0.3, 0.4) is 0 Å². The van der Waals surface area contributed by atoms with Gasteiger partial charge in [0.2, 0.25) is 10.0 Å². The Bertz CT molecular complexity index is 972. The number of hydrogen-bond donors (Lipinski definition) is 0. The van der Waals surface area contributed by atoms with Gasteiger partial charge >= 0.3 is 0 Å². The fourth-order valence-corrected chi connectivity index (χ4v) is 3.99. The topological polar surface area (TPSA) is 77.4 Å². The summed E-state index contributed by atoms with van der Waals surface area (Å²) in [5.41, 5.74) is 2.26. The first-order valence-corrected chi connectivity index (χ1v) is 10.2. The summed E-state index contributed by atoms with van der Waals surface area (Å²) in [6.07, 6.45) is 1.59. The van der Waals surface area contributed by atoms with E-state index in [1.165, 1.54) is 0 Å². The highest BCUT2D eigenvalue weighted by Crippen LogP contribution is 2.37. The quantitative estimate of drug-likeness (QED) is 0.758. The molecule has 1 aliphatic heterocycles. The van der Waals surface area contributed by atoms with E-state index in [9.17, 15) is 8.42 Å². The molecule has 7 nitrogen and oxygen atoms in total. The molecule has 0 N–H and O–H groups in total. The Balaban J connectivity index is 2.01. The Kier molecular flexibility index (Phi) is 5.27. The van der Waals surface area contributed by atoms with Crippen molar-refractivity contribution in [3.63, 3.8) is 0 Å². The van der Waals surface area contributed by atoms with Gasteiger partial charge in [0.1, 0.15) is 5.75 Å². The average Bonchev–Trinajstić information content (AvgIpc) is 3.13. The van der Waals surface area contributed by atoms with Crippen molar-refractivity contribution < 1.29 is 22.6 Å². The second kappa shape index (κ2) is 7.48. The van der Waals surface area contributed by atoms with E-state index < -0.39 is 16.1 Å². The minimum atomic E-state index is -3.54. The zero-order valence-corrected chi connectivity index (χ0v) is 16.5. The molecule has 0 aliphatic carbocycles. The third-order valence-electron chi connectivity index (χ3n) is 4.41. The van der Waals surface area contributed by atoms with E-state index >= 15 is 0 Å². The van der Waals surface area contributed by atoms with Crippen molar-refractivity contribution in [1.29, 1.82) is 0 Å². The summed E-state index contributed by atoms with van der Waals surface area (Å²) in [7, 11) is 1.16. The summed E-state index contributed by atoms with van der Waals surface area (Å²) in [5.74, 6) is 1.83. The van der Waals surface area contributed by atoms with Gasteiger partial charge in [-0.3, -0.25) is 0 Å². The molecular formula is C19H22N2O5S. The van der Waals surface area contributed by atoms with Gasteiger partial charge in [-0.05, 0) is 35.9 Å². The molecule has 2 aromatic carbocycles. The van der Waals surface area contributed by atoms with Gasteiger partial charge in [-0.25, -0.2) is 8.42 Å². The van der Waals surface area contributed by atoms with Gasteiger partial charge in [0.15, 0.2) is 11.5 Å². The van der Waals surface area contributed by atoms with Gasteiger partial charge in [-0.15, -0.1) is 0 Å². The van der Waals surface area contributed by atoms with E-state index in [1.807, 2.05) is 30.3 Å². The van der Waals surface area contributed by atoms with Crippen LogP contribution in [0, 0.1) is 0 Å². The summed E-state index contributed by atoms with van der Waals surface area (Å²) in [6.45, 7) is 0. The lowest BCUT2D eigenvalue weighted by Crippen LogP contribution is -2.25. The number of sulfonamides is 1. The van der Waals surface area contributed by atoms with Gasteiger partial charge in [0.25, 0.3) is 0 Å². The molecule has 0 saturated heterocycles. The van der Waals surface area contributed by atoms with Crippen molar-refractivity contribution >= 4 is 15.7 Å². The molecule has 3 rings (SSSR count). The second-order valence-electron chi connectivity index (χ2n) is 6.15. The minimum absolute atomic E-state index is 0.432. The molecule has 0 aromatic heterocycles. The maximum atomic E-state index is 12.3. The highest BCUT2D eigenvalue weighted by Gasteiger charge is 2.34. The molecule has 0 amide bonds. The molecule has 1 heterocycles. The number of nitrogens with zero attached hydrogens (tertiary/aromatic N) is 2. The Hall–Kier alpha value is -2.74. The van der Waals surface area contributed by atoms with Gasteiger partial charge in [-0.1, -0.05) is 12.1 Å². The highest BCUT2D eigenvalue weighted by molar-refractivity contribution is 7.88. The normalized spacial score (nSPS) is 16.8. The van der Waals surface area contributed by atoms with E-state index in [0.29, 0.717) is 29.4 Å². The number of hydrazone groups is 1. The van der Waals surface area contributed by atoms with Crippen molar-refractivity contribution in [3.05, 3.63) is 53.6 Å². The molecular weight excluding hydrogens is 368 g/mol. The van der Waals surface area contributed by atoms with Crippen molar-refractivity contribution in [2.45, 2.75) is 12.5 Å². The van der Waals surface area contributed by atoms with Crippen molar-refractivity contribution in [2.24, 2.45) is 5.10 Å². The fraction of sp³-hybridized carbons (Fsp3) is 0.316. The van der Waals surface area contributed by atoms with E-state index in [1.54, 1.807) is 33.5 Å². The molecule has 1 aliphatic rings. The van der Waals surface area contributed by atoms with E-state index in [0.717, 1.165) is 21.8 Å². The van der Waals surface area contributed by atoms with Gasteiger partial charge < -0.3 is 14.2 Å².